The molecule has 2 heterocycles. The maximum absolute atomic E-state index is 13.7. The predicted octanol–water partition coefficient (Wildman–Crippen LogP) is 4.35. The van der Waals surface area contributed by atoms with Crippen molar-refractivity contribution in [3.63, 3.8) is 0 Å². The van der Waals surface area contributed by atoms with E-state index < -0.39 is 23.8 Å². The lowest BCUT2D eigenvalue weighted by Crippen LogP contribution is -2.58. The highest BCUT2D eigenvalue weighted by molar-refractivity contribution is 5.97. The number of hydrogen-bond acceptors (Lipinski definition) is 4. The summed E-state index contributed by atoms with van der Waals surface area (Å²) in [4.78, 5) is 27.8. The van der Waals surface area contributed by atoms with E-state index in [-0.39, 0.29) is 29.9 Å². The first-order chi connectivity index (χ1) is 15.3. The number of hydrogen-bond donors (Lipinski definition) is 1. The minimum atomic E-state index is -0.682. The normalized spacial score (nSPS) is 18.7. The molecule has 32 heavy (non-hydrogen) atoms. The minimum Gasteiger partial charge on any atom is -0.355 e. The highest BCUT2D eigenvalue weighted by atomic mass is 19.1. The molecule has 2 amide bonds. The summed E-state index contributed by atoms with van der Waals surface area (Å²) in [5.41, 5.74) is 1.20. The van der Waals surface area contributed by atoms with Crippen molar-refractivity contribution in [1.82, 2.24) is 15.4 Å². The van der Waals surface area contributed by atoms with Gasteiger partial charge in [-0.05, 0) is 54.3 Å². The van der Waals surface area contributed by atoms with Crippen molar-refractivity contribution in [3.05, 3.63) is 77.5 Å². The Balaban J connectivity index is 1.63. The molecule has 1 saturated heterocycles. The monoisotopic (exact) mass is 439 g/mol. The summed E-state index contributed by atoms with van der Waals surface area (Å²) in [6.45, 7) is 4.11. The summed E-state index contributed by atoms with van der Waals surface area (Å²) >= 11 is 0. The second kappa shape index (κ2) is 8.90. The van der Waals surface area contributed by atoms with E-state index in [4.69, 9.17) is 4.52 Å². The Hall–Kier alpha value is -3.55. The van der Waals surface area contributed by atoms with E-state index in [1.165, 1.54) is 47.4 Å². The molecule has 1 fully saturated rings. The third kappa shape index (κ3) is 4.54. The van der Waals surface area contributed by atoms with Gasteiger partial charge in [0.25, 0.3) is 5.91 Å². The quantitative estimate of drug-likeness (QED) is 0.642. The molecule has 0 radical (unpaired) electrons. The fourth-order valence-corrected chi connectivity index (χ4v) is 3.87. The van der Waals surface area contributed by atoms with Crippen LogP contribution in [-0.2, 0) is 4.79 Å². The lowest BCUT2D eigenvalue weighted by molar-refractivity contribution is -0.130. The van der Waals surface area contributed by atoms with Crippen molar-refractivity contribution in [1.29, 1.82) is 0 Å². The van der Waals surface area contributed by atoms with Crippen LogP contribution < -0.4 is 5.32 Å². The first-order valence-electron chi connectivity index (χ1n) is 10.4. The summed E-state index contributed by atoms with van der Waals surface area (Å²) in [6, 6.07) is 11.8. The molecule has 166 valence electrons. The zero-order valence-electron chi connectivity index (χ0n) is 17.7. The smallest absolute Gasteiger partial charge is 0.276 e. The van der Waals surface area contributed by atoms with Crippen LogP contribution in [0.3, 0.4) is 0 Å². The lowest BCUT2D eigenvalue weighted by Gasteiger charge is -2.40. The number of benzene rings is 2. The Labute approximate surface area is 184 Å². The van der Waals surface area contributed by atoms with Crippen LogP contribution in [0.15, 0.2) is 59.1 Å². The zero-order valence-corrected chi connectivity index (χ0v) is 17.7. The van der Waals surface area contributed by atoms with E-state index in [0.717, 1.165) is 0 Å². The largest absolute Gasteiger partial charge is 0.355 e. The van der Waals surface area contributed by atoms with Crippen LogP contribution in [0.1, 0.15) is 42.4 Å². The number of nitrogens with one attached hydrogen (secondary N) is 1. The highest BCUT2D eigenvalue weighted by Gasteiger charge is 2.39. The van der Waals surface area contributed by atoms with Gasteiger partial charge in [0.05, 0.1) is 6.04 Å². The maximum atomic E-state index is 13.7. The molecule has 1 aliphatic rings. The van der Waals surface area contributed by atoms with Gasteiger partial charge in [-0.1, -0.05) is 31.1 Å². The van der Waals surface area contributed by atoms with E-state index in [1.807, 2.05) is 13.8 Å². The number of piperazine rings is 1. The van der Waals surface area contributed by atoms with Crippen LogP contribution >= 0.6 is 0 Å². The Bertz CT molecular complexity index is 1130. The van der Waals surface area contributed by atoms with Crippen LogP contribution in [0.5, 0.6) is 0 Å². The van der Waals surface area contributed by atoms with E-state index in [2.05, 4.69) is 10.5 Å². The van der Waals surface area contributed by atoms with E-state index in [9.17, 15) is 18.4 Å². The molecule has 1 aliphatic heterocycles. The van der Waals surface area contributed by atoms with Crippen LogP contribution in [0.25, 0.3) is 11.3 Å². The van der Waals surface area contributed by atoms with Crippen molar-refractivity contribution in [2.75, 3.05) is 6.54 Å². The Morgan fingerprint density at radius 1 is 1.16 bits per heavy atom. The number of aromatic nitrogens is 1. The number of carbonyl (C=O) groups excluding carboxylic acids is 2. The van der Waals surface area contributed by atoms with Gasteiger partial charge >= 0.3 is 0 Å². The van der Waals surface area contributed by atoms with Gasteiger partial charge in [0.2, 0.25) is 5.91 Å². The molecule has 2 aromatic carbocycles. The van der Waals surface area contributed by atoms with Gasteiger partial charge in [0, 0.05) is 18.2 Å². The van der Waals surface area contributed by atoms with Gasteiger partial charge in [0.1, 0.15) is 17.7 Å². The summed E-state index contributed by atoms with van der Waals surface area (Å²) in [6.07, 6.45) is 0.468. The molecule has 0 aliphatic carbocycles. The molecule has 2 atom stereocenters. The number of halogens is 2. The van der Waals surface area contributed by atoms with Gasteiger partial charge in [-0.3, -0.25) is 9.59 Å². The summed E-state index contributed by atoms with van der Waals surface area (Å²) in [7, 11) is 0. The number of rotatable bonds is 5. The Morgan fingerprint density at radius 2 is 1.91 bits per heavy atom. The van der Waals surface area contributed by atoms with Gasteiger partial charge in [-0.15, -0.1) is 0 Å². The molecule has 8 heteroatoms. The molecule has 3 aromatic rings. The second-order valence-corrected chi connectivity index (χ2v) is 8.30. The predicted molar refractivity (Wildman–Crippen MR) is 113 cm³/mol. The summed E-state index contributed by atoms with van der Waals surface area (Å²) < 4.78 is 32.2. The van der Waals surface area contributed by atoms with Gasteiger partial charge in [-0.2, -0.15) is 0 Å². The second-order valence-electron chi connectivity index (χ2n) is 8.30. The number of nitrogens with zero attached hydrogens (tertiary/aromatic N) is 2. The minimum absolute atomic E-state index is 0.0470. The van der Waals surface area contributed by atoms with Crippen molar-refractivity contribution >= 4 is 11.8 Å². The van der Waals surface area contributed by atoms with Gasteiger partial charge in [0.15, 0.2) is 11.5 Å². The van der Waals surface area contributed by atoms with Crippen LogP contribution in [0, 0.1) is 17.6 Å². The van der Waals surface area contributed by atoms with Crippen molar-refractivity contribution in [3.8, 4) is 11.3 Å². The number of carbonyl (C=O) groups is 2. The molecular formula is C24H23F2N3O3. The third-order valence-electron chi connectivity index (χ3n) is 5.44. The van der Waals surface area contributed by atoms with E-state index in [0.29, 0.717) is 23.3 Å². The van der Waals surface area contributed by atoms with Gasteiger partial charge < -0.3 is 14.7 Å². The fraction of sp³-hybridized carbons (Fsp3) is 0.292. The molecular weight excluding hydrogens is 416 g/mol. The molecule has 0 spiro atoms. The average molecular weight is 439 g/mol. The van der Waals surface area contributed by atoms with Crippen molar-refractivity contribution < 1.29 is 22.9 Å². The molecule has 1 aromatic heterocycles. The fourth-order valence-electron chi connectivity index (χ4n) is 3.87. The summed E-state index contributed by atoms with van der Waals surface area (Å²) in [5.74, 6) is -1.07. The first kappa shape index (κ1) is 21.7. The molecule has 1 N–H and O–H groups in total. The third-order valence-corrected chi connectivity index (χ3v) is 5.44. The van der Waals surface area contributed by atoms with Crippen molar-refractivity contribution in [2.24, 2.45) is 5.92 Å². The van der Waals surface area contributed by atoms with E-state index in [1.54, 1.807) is 12.1 Å². The van der Waals surface area contributed by atoms with Crippen LogP contribution in [0.4, 0.5) is 8.78 Å². The summed E-state index contributed by atoms with van der Waals surface area (Å²) in [5, 5.41) is 6.80. The van der Waals surface area contributed by atoms with E-state index >= 15 is 0 Å². The Morgan fingerprint density at radius 3 is 2.59 bits per heavy atom. The SMILES string of the molecule is CC(C)CC1C(=O)NC(c2cccc(F)c2)CN1C(=O)c1cc(-c2ccc(F)cc2)on1. The van der Waals surface area contributed by atoms with Crippen LogP contribution in [0.2, 0.25) is 0 Å². The number of amides is 2. The van der Waals surface area contributed by atoms with Crippen LogP contribution in [-0.4, -0.2) is 34.5 Å². The average Bonchev–Trinajstić information content (AvgIpc) is 3.25. The molecule has 0 bridgehead atoms. The maximum Gasteiger partial charge on any atom is 0.276 e. The van der Waals surface area contributed by atoms with Gasteiger partial charge in [-0.25, -0.2) is 8.78 Å². The molecule has 4 rings (SSSR count). The molecule has 6 nitrogen and oxygen atoms in total. The lowest BCUT2D eigenvalue weighted by atomic mass is 9.95. The zero-order chi connectivity index (χ0) is 22.8. The Kier molecular flexibility index (Phi) is 6.03. The molecule has 2 unspecified atom stereocenters. The van der Waals surface area contributed by atoms with Crippen molar-refractivity contribution in [2.45, 2.75) is 32.4 Å². The standard InChI is InChI=1S/C24H23F2N3O3/c1-14(2)10-21-23(30)27-20(16-4-3-5-18(26)11-16)13-29(21)24(31)19-12-22(32-28-19)15-6-8-17(25)9-7-15/h3-9,11-12,14,20-21H,10,13H2,1-2H3,(H,27,30). The highest BCUT2D eigenvalue weighted by Crippen LogP contribution is 2.27. The topological polar surface area (TPSA) is 75.4 Å². The molecule has 0 saturated carbocycles. The first-order valence-corrected chi connectivity index (χ1v) is 10.4.